The molecule has 2 aromatic rings. The maximum absolute atomic E-state index is 10.5. The van der Waals surface area contributed by atoms with Gasteiger partial charge in [-0.3, -0.25) is 10.1 Å². The van der Waals surface area contributed by atoms with E-state index in [2.05, 4.69) is 0 Å². The fraction of sp³-hybridized carbons (Fsp3) is 0.143. The Balaban J connectivity index is 2.02. The largest absolute Gasteiger partial charge is 0.269 e. The molecular weight excluding hydrogens is 250 g/mol. The van der Waals surface area contributed by atoms with Gasteiger partial charge < -0.3 is 0 Å². The lowest BCUT2D eigenvalue weighted by Gasteiger charge is -2.04. The van der Waals surface area contributed by atoms with Crippen molar-refractivity contribution in [1.29, 1.82) is 0 Å². The van der Waals surface area contributed by atoms with E-state index in [0.29, 0.717) is 0 Å². The normalized spacial score (nSPS) is 10.3. The van der Waals surface area contributed by atoms with Crippen molar-refractivity contribution >= 4 is 17.3 Å². The van der Waals surface area contributed by atoms with E-state index in [1.165, 1.54) is 12.1 Å². The van der Waals surface area contributed by atoms with Crippen molar-refractivity contribution in [1.82, 2.24) is 0 Å². The molecule has 0 heterocycles. The summed E-state index contributed by atoms with van der Waals surface area (Å²) in [5.41, 5.74) is 2.29. The zero-order valence-electron chi connectivity index (χ0n) is 9.67. The van der Waals surface area contributed by atoms with Crippen LogP contribution < -0.4 is 0 Å². The van der Waals surface area contributed by atoms with Gasteiger partial charge in [-0.2, -0.15) is 0 Å². The van der Waals surface area contributed by atoms with E-state index < -0.39 is 4.92 Å². The molecule has 18 heavy (non-hydrogen) atoms. The van der Waals surface area contributed by atoms with Crippen LogP contribution in [0.4, 0.5) is 5.69 Å². The van der Waals surface area contributed by atoms with Gasteiger partial charge in [0.1, 0.15) is 0 Å². The van der Waals surface area contributed by atoms with E-state index in [1.54, 1.807) is 12.1 Å². The third-order valence-electron chi connectivity index (χ3n) is 2.79. The zero-order chi connectivity index (χ0) is 13.0. The molecule has 3 nitrogen and oxygen atoms in total. The maximum Gasteiger partial charge on any atom is 0.269 e. The second kappa shape index (κ2) is 5.65. The van der Waals surface area contributed by atoms with Crippen molar-refractivity contribution < 1.29 is 4.92 Å². The summed E-state index contributed by atoms with van der Waals surface area (Å²) in [4.78, 5) is 10.1. The van der Waals surface area contributed by atoms with Crippen molar-refractivity contribution in [3.8, 4) is 0 Å². The fourth-order valence-electron chi connectivity index (χ4n) is 1.76. The number of nitro groups is 1. The SMILES string of the molecule is O=[N+]([O-])c1ccc(CCc2ccccc2Cl)cc1. The third kappa shape index (κ3) is 3.08. The molecule has 0 amide bonds. The van der Waals surface area contributed by atoms with E-state index in [9.17, 15) is 10.1 Å². The van der Waals surface area contributed by atoms with Crippen LogP contribution >= 0.6 is 11.6 Å². The molecule has 2 rings (SSSR count). The lowest BCUT2D eigenvalue weighted by molar-refractivity contribution is -0.384. The molecule has 0 unspecified atom stereocenters. The van der Waals surface area contributed by atoms with E-state index in [4.69, 9.17) is 11.6 Å². The van der Waals surface area contributed by atoms with Crippen molar-refractivity contribution in [2.75, 3.05) is 0 Å². The number of nitrogens with zero attached hydrogens (tertiary/aromatic N) is 1. The van der Waals surface area contributed by atoms with E-state index in [0.717, 1.165) is 29.0 Å². The molecule has 0 N–H and O–H groups in total. The fourth-order valence-corrected chi connectivity index (χ4v) is 1.99. The summed E-state index contributed by atoms with van der Waals surface area (Å²) in [5, 5.41) is 11.3. The Morgan fingerprint density at radius 2 is 1.67 bits per heavy atom. The highest BCUT2D eigenvalue weighted by molar-refractivity contribution is 6.31. The Bertz CT molecular complexity index is 552. The van der Waals surface area contributed by atoms with Crippen LogP contribution in [0.2, 0.25) is 5.02 Å². The van der Waals surface area contributed by atoms with Gasteiger partial charge in [-0.15, -0.1) is 0 Å². The van der Waals surface area contributed by atoms with Gasteiger partial charge >= 0.3 is 0 Å². The van der Waals surface area contributed by atoms with Gasteiger partial charge in [-0.05, 0) is 30.0 Å². The average Bonchev–Trinajstić information content (AvgIpc) is 2.38. The summed E-state index contributed by atoms with van der Waals surface area (Å²) >= 11 is 6.07. The molecule has 0 spiro atoms. The first-order chi connectivity index (χ1) is 8.66. The van der Waals surface area contributed by atoms with Crippen LogP contribution in [0.15, 0.2) is 48.5 Å². The van der Waals surface area contributed by atoms with Crippen molar-refractivity contribution in [2.24, 2.45) is 0 Å². The highest BCUT2D eigenvalue weighted by Gasteiger charge is 2.04. The molecule has 0 fully saturated rings. The minimum atomic E-state index is -0.391. The van der Waals surface area contributed by atoms with Gasteiger partial charge in [-0.1, -0.05) is 41.9 Å². The predicted octanol–water partition coefficient (Wildman–Crippen LogP) is 4.03. The van der Waals surface area contributed by atoms with Gasteiger partial charge in [0.15, 0.2) is 0 Å². The van der Waals surface area contributed by atoms with Gasteiger partial charge in [0.05, 0.1) is 4.92 Å². The van der Waals surface area contributed by atoms with E-state index >= 15 is 0 Å². The number of aryl methyl sites for hydroxylation is 2. The molecule has 0 saturated heterocycles. The first-order valence-electron chi connectivity index (χ1n) is 5.63. The highest BCUT2D eigenvalue weighted by atomic mass is 35.5. The lowest BCUT2D eigenvalue weighted by Crippen LogP contribution is -1.93. The van der Waals surface area contributed by atoms with Crippen molar-refractivity contribution in [2.45, 2.75) is 12.8 Å². The molecule has 0 aromatic heterocycles. The first kappa shape index (κ1) is 12.6. The summed E-state index contributed by atoms with van der Waals surface area (Å²) in [6.07, 6.45) is 1.65. The van der Waals surface area contributed by atoms with Gasteiger partial charge in [0, 0.05) is 17.2 Å². The van der Waals surface area contributed by atoms with Crippen LogP contribution in [0.25, 0.3) is 0 Å². The molecule has 0 radical (unpaired) electrons. The van der Waals surface area contributed by atoms with E-state index in [1.807, 2.05) is 24.3 Å². The standard InChI is InChI=1S/C14H12ClNO2/c15-14-4-2-1-3-12(14)8-5-11-6-9-13(10-7-11)16(17)18/h1-4,6-7,9-10H,5,8H2. The monoisotopic (exact) mass is 261 g/mol. The van der Waals surface area contributed by atoms with Gasteiger partial charge in [0.25, 0.3) is 5.69 Å². The molecule has 0 bridgehead atoms. The summed E-state index contributed by atoms with van der Waals surface area (Å²) < 4.78 is 0. The Hall–Kier alpha value is -1.87. The summed E-state index contributed by atoms with van der Waals surface area (Å²) in [6, 6.07) is 14.4. The molecule has 0 aliphatic heterocycles. The molecule has 92 valence electrons. The third-order valence-corrected chi connectivity index (χ3v) is 3.16. The first-order valence-corrected chi connectivity index (χ1v) is 6.01. The minimum absolute atomic E-state index is 0.122. The molecular formula is C14H12ClNO2. The number of hydrogen-bond acceptors (Lipinski definition) is 2. The van der Waals surface area contributed by atoms with Crippen LogP contribution in [-0.2, 0) is 12.8 Å². The minimum Gasteiger partial charge on any atom is -0.258 e. The number of nitro benzene ring substituents is 1. The molecule has 0 atom stereocenters. The second-order valence-corrected chi connectivity index (χ2v) is 4.42. The van der Waals surface area contributed by atoms with Crippen LogP contribution in [0, 0.1) is 10.1 Å². The molecule has 2 aromatic carbocycles. The number of rotatable bonds is 4. The Kier molecular flexibility index (Phi) is 3.95. The van der Waals surface area contributed by atoms with Crippen LogP contribution in [0.5, 0.6) is 0 Å². The molecule has 0 saturated carbocycles. The summed E-state index contributed by atoms with van der Waals surface area (Å²) in [5.74, 6) is 0. The smallest absolute Gasteiger partial charge is 0.258 e. The number of halogens is 1. The van der Waals surface area contributed by atoms with Crippen LogP contribution in [0.1, 0.15) is 11.1 Å². The average molecular weight is 262 g/mol. The molecule has 0 aliphatic carbocycles. The Morgan fingerprint density at radius 3 is 2.28 bits per heavy atom. The number of non-ortho nitro benzene ring substituents is 1. The van der Waals surface area contributed by atoms with Crippen molar-refractivity contribution in [3.05, 3.63) is 74.8 Å². The van der Waals surface area contributed by atoms with Crippen molar-refractivity contribution in [3.63, 3.8) is 0 Å². The predicted molar refractivity (Wildman–Crippen MR) is 72.0 cm³/mol. The van der Waals surface area contributed by atoms with Gasteiger partial charge in [-0.25, -0.2) is 0 Å². The molecule has 0 aliphatic rings. The van der Waals surface area contributed by atoms with Gasteiger partial charge in [0.2, 0.25) is 0 Å². The summed E-state index contributed by atoms with van der Waals surface area (Å²) in [7, 11) is 0. The highest BCUT2D eigenvalue weighted by Crippen LogP contribution is 2.18. The molecule has 4 heteroatoms. The number of benzene rings is 2. The Morgan fingerprint density at radius 1 is 1.00 bits per heavy atom. The topological polar surface area (TPSA) is 43.1 Å². The maximum atomic E-state index is 10.5. The lowest BCUT2D eigenvalue weighted by atomic mass is 10.0. The Labute approximate surface area is 110 Å². The van der Waals surface area contributed by atoms with E-state index in [-0.39, 0.29) is 5.69 Å². The zero-order valence-corrected chi connectivity index (χ0v) is 10.4. The summed E-state index contributed by atoms with van der Waals surface area (Å²) in [6.45, 7) is 0. The quantitative estimate of drug-likeness (QED) is 0.616. The number of hydrogen-bond donors (Lipinski definition) is 0. The van der Waals surface area contributed by atoms with Crippen LogP contribution in [0.3, 0.4) is 0 Å². The van der Waals surface area contributed by atoms with Crippen LogP contribution in [-0.4, -0.2) is 4.92 Å². The second-order valence-electron chi connectivity index (χ2n) is 4.01.